The summed E-state index contributed by atoms with van der Waals surface area (Å²) in [5, 5.41) is 5.93. The third kappa shape index (κ3) is 6.59. The molecule has 0 atom stereocenters. The third-order valence-corrected chi connectivity index (χ3v) is 3.20. The van der Waals surface area contributed by atoms with Gasteiger partial charge < -0.3 is 20.1 Å². The number of amides is 1. The average Bonchev–Trinajstić information content (AvgIpc) is 2.59. The zero-order valence-corrected chi connectivity index (χ0v) is 14.7. The Labute approximate surface area is 148 Å². The van der Waals surface area contributed by atoms with Gasteiger partial charge in [0, 0.05) is 23.5 Å². The Morgan fingerprint density at radius 2 is 1.68 bits per heavy atom. The predicted molar refractivity (Wildman–Crippen MR) is 101 cm³/mol. The highest BCUT2D eigenvalue weighted by molar-refractivity contribution is 5.93. The van der Waals surface area contributed by atoms with Gasteiger partial charge in [-0.25, -0.2) is 0 Å². The van der Waals surface area contributed by atoms with Gasteiger partial charge in [0.05, 0.1) is 13.2 Å². The lowest BCUT2D eigenvalue weighted by Crippen LogP contribution is -2.21. The lowest BCUT2D eigenvalue weighted by molar-refractivity contribution is -0.114. The van der Waals surface area contributed by atoms with E-state index in [0.29, 0.717) is 18.9 Å². The highest BCUT2D eigenvalue weighted by Gasteiger charge is 2.04. The molecule has 0 radical (unpaired) electrons. The quantitative estimate of drug-likeness (QED) is 0.675. The molecule has 2 N–H and O–H groups in total. The zero-order valence-electron chi connectivity index (χ0n) is 14.7. The number of carbonyl (C=O) groups excluding carboxylic acids is 1. The largest absolute Gasteiger partial charge is 0.494 e. The Hall–Kier alpha value is -2.95. The van der Waals surface area contributed by atoms with E-state index in [-0.39, 0.29) is 12.5 Å². The van der Waals surface area contributed by atoms with E-state index in [1.165, 1.54) is 0 Å². The predicted octanol–water partition coefficient (Wildman–Crippen LogP) is 4.09. The highest BCUT2D eigenvalue weighted by atomic mass is 16.5. The molecule has 2 rings (SSSR count). The van der Waals surface area contributed by atoms with Crippen molar-refractivity contribution in [3.05, 3.63) is 60.7 Å². The van der Waals surface area contributed by atoms with Crippen molar-refractivity contribution in [1.82, 2.24) is 0 Å². The topological polar surface area (TPSA) is 59.6 Å². The molecule has 2 aromatic rings. The van der Waals surface area contributed by atoms with Crippen LogP contribution in [0.15, 0.2) is 60.7 Å². The van der Waals surface area contributed by atoms with Crippen LogP contribution in [-0.2, 0) is 4.79 Å². The van der Waals surface area contributed by atoms with Crippen molar-refractivity contribution in [1.29, 1.82) is 0 Å². The lowest BCUT2D eigenvalue weighted by atomic mass is 10.3. The van der Waals surface area contributed by atoms with Gasteiger partial charge in [-0.3, -0.25) is 4.79 Å². The fraction of sp³-hybridized carbons (Fsp3) is 0.250. The fourth-order valence-electron chi connectivity index (χ4n) is 2.12. The number of benzene rings is 2. The fourth-order valence-corrected chi connectivity index (χ4v) is 2.12. The molecule has 0 aliphatic carbocycles. The number of hydrogen-bond acceptors (Lipinski definition) is 4. The van der Waals surface area contributed by atoms with Gasteiger partial charge in [0.15, 0.2) is 0 Å². The molecular formula is C20H24N2O3. The Morgan fingerprint density at radius 1 is 1.04 bits per heavy atom. The molecular weight excluding hydrogens is 316 g/mol. The van der Waals surface area contributed by atoms with Gasteiger partial charge in [0.1, 0.15) is 18.1 Å². The van der Waals surface area contributed by atoms with Gasteiger partial charge in [-0.15, -0.1) is 0 Å². The van der Waals surface area contributed by atoms with Crippen molar-refractivity contribution in [2.45, 2.75) is 13.8 Å². The molecule has 132 valence electrons. The van der Waals surface area contributed by atoms with Crippen LogP contribution < -0.4 is 20.1 Å². The normalized spacial score (nSPS) is 10.0. The van der Waals surface area contributed by atoms with Crippen molar-refractivity contribution in [2.24, 2.45) is 0 Å². The van der Waals surface area contributed by atoms with Crippen molar-refractivity contribution in [3.63, 3.8) is 0 Å². The molecule has 0 aromatic heterocycles. The van der Waals surface area contributed by atoms with Crippen molar-refractivity contribution >= 4 is 17.3 Å². The summed E-state index contributed by atoms with van der Waals surface area (Å²) in [5.41, 5.74) is 2.47. The van der Waals surface area contributed by atoms with E-state index in [9.17, 15) is 4.79 Å². The van der Waals surface area contributed by atoms with Crippen LogP contribution in [0.5, 0.6) is 11.5 Å². The van der Waals surface area contributed by atoms with Crippen molar-refractivity contribution < 1.29 is 14.3 Å². The number of hydrogen-bond donors (Lipinski definition) is 2. The second-order valence-corrected chi connectivity index (χ2v) is 5.64. The van der Waals surface area contributed by atoms with Crippen molar-refractivity contribution in [3.8, 4) is 11.5 Å². The monoisotopic (exact) mass is 340 g/mol. The van der Waals surface area contributed by atoms with E-state index in [1.807, 2.05) is 56.3 Å². The van der Waals surface area contributed by atoms with Crippen molar-refractivity contribution in [2.75, 3.05) is 30.4 Å². The van der Waals surface area contributed by atoms with E-state index >= 15 is 0 Å². The Morgan fingerprint density at radius 3 is 2.36 bits per heavy atom. The molecule has 0 saturated heterocycles. The Bertz CT molecular complexity index is 728. The number of rotatable bonds is 9. The molecule has 25 heavy (non-hydrogen) atoms. The van der Waals surface area contributed by atoms with Crippen LogP contribution in [0.1, 0.15) is 13.8 Å². The summed E-state index contributed by atoms with van der Waals surface area (Å²) >= 11 is 0. The number of ether oxygens (including phenoxy) is 2. The summed E-state index contributed by atoms with van der Waals surface area (Å²) in [7, 11) is 0. The Balaban J connectivity index is 1.86. The summed E-state index contributed by atoms with van der Waals surface area (Å²) in [6, 6.07) is 14.8. The third-order valence-electron chi connectivity index (χ3n) is 3.20. The summed E-state index contributed by atoms with van der Waals surface area (Å²) in [6.07, 6.45) is 0. The second kappa shape index (κ2) is 9.37. The van der Waals surface area contributed by atoms with E-state index in [0.717, 1.165) is 22.8 Å². The first-order valence-electron chi connectivity index (χ1n) is 8.20. The molecule has 0 spiro atoms. The molecule has 2 aromatic carbocycles. The minimum Gasteiger partial charge on any atom is -0.494 e. The lowest BCUT2D eigenvalue weighted by Gasteiger charge is -2.11. The molecule has 0 unspecified atom stereocenters. The van der Waals surface area contributed by atoms with Crippen LogP contribution in [0, 0.1) is 0 Å². The molecule has 1 amide bonds. The summed E-state index contributed by atoms with van der Waals surface area (Å²) in [6.45, 7) is 8.85. The number of nitrogens with one attached hydrogen (secondary N) is 2. The number of carbonyl (C=O) groups is 1. The number of anilines is 2. The maximum atomic E-state index is 12.1. The molecule has 0 bridgehead atoms. The van der Waals surface area contributed by atoms with E-state index in [2.05, 4.69) is 17.2 Å². The van der Waals surface area contributed by atoms with Gasteiger partial charge in [0.25, 0.3) is 0 Å². The molecule has 0 fully saturated rings. The summed E-state index contributed by atoms with van der Waals surface area (Å²) in [5.74, 6) is 1.33. The first kappa shape index (κ1) is 18.4. The van der Waals surface area contributed by atoms with E-state index in [1.54, 1.807) is 6.07 Å². The van der Waals surface area contributed by atoms with Crippen LogP contribution in [0.2, 0.25) is 0 Å². The summed E-state index contributed by atoms with van der Waals surface area (Å²) < 4.78 is 11.0. The molecule has 0 saturated carbocycles. The molecule has 0 aliphatic heterocycles. The summed E-state index contributed by atoms with van der Waals surface area (Å²) in [4.78, 5) is 12.1. The molecule has 5 heteroatoms. The van der Waals surface area contributed by atoms with Gasteiger partial charge >= 0.3 is 0 Å². The minimum absolute atomic E-state index is 0.137. The van der Waals surface area contributed by atoms with Gasteiger partial charge in [0.2, 0.25) is 5.91 Å². The molecule has 0 heterocycles. The van der Waals surface area contributed by atoms with Crippen LogP contribution in [0.3, 0.4) is 0 Å². The maximum absolute atomic E-state index is 12.1. The maximum Gasteiger partial charge on any atom is 0.243 e. The van der Waals surface area contributed by atoms with Gasteiger partial charge in [-0.05, 0) is 43.7 Å². The van der Waals surface area contributed by atoms with Crippen LogP contribution in [0.25, 0.3) is 0 Å². The van der Waals surface area contributed by atoms with Crippen LogP contribution >= 0.6 is 0 Å². The van der Waals surface area contributed by atoms with Gasteiger partial charge in [-0.1, -0.05) is 18.7 Å². The first-order chi connectivity index (χ1) is 12.1. The SMILES string of the molecule is C=C(C)COc1cccc(NCC(=O)Nc2cccc(OCC)c2)c1. The van der Waals surface area contributed by atoms with E-state index < -0.39 is 0 Å². The highest BCUT2D eigenvalue weighted by Crippen LogP contribution is 2.19. The standard InChI is InChI=1S/C20H24N2O3/c1-4-24-18-9-6-8-17(12-18)22-20(23)13-21-16-7-5-10-19(11-16)25-14-15(2)3/h5-12,21H,2,4,13-14H2,1,3H3,(H,22,23). The average molecular weight is 340 g/mol. The Kier molecular flexibility index (Phi) is 6.89. The van der Waals surface area contributed by atoms with Crippen LogP contribution in [0.4, 0.5) is 11.4 Å². The van der Waals surface area contributed by atoms with E-state index in [4.69, 9.17) is 9.47 Å². The van der Waals surface area contributed by atoms with Crippen LogP contribution in [-0.4, -0.2) is 25.7 Å². The zero-order chi connectivity index (χ0) is 18.1. The second-order valence-electron chi connectivity index (χ2n) is 5.64. The minimum atomic E-state index is -0.137. The first-order valence-corrected chi connectivity index (χ1v) is 8.20. The molecule has 5 nitrogen and oxygen atoms in total. The molecule has 0 aliphatic rings. The smallest absolute Gasteiger partial charge is 0.243 e. The van der Waals surface area contributed by atoms with Gasteiger partial charge in [-0.2, -0.15) is 0 Å².